The van der Waals surface area contributed by atoms with E-state index in [0.717, 1.165) is 6.54 Å². The molecule has 1 unspecified atom stereocenters. The maximum atomic E-state index is 10.1. The Bertz CT molecular complexity index is 676. The normalized spacial score (nSPS) is 27.9. The summed E-state index contributed by atoms with van der Waals surface area (Å²) in [5, 5.41) is 32.4. The summed E-state index contributed by atoms with van der Waals surface area (Å²) in [6.45, 7) is 4.54. The maximum absolute atomic E-state index is 10.1. The van der Waals surface area contributed by atoms with Crippen LogP contribution in [-0.4, -0.2) is 66.3 Å². The molecule has 0 spiro atoms. The molecule has 1 saturated heterocycles. The molecule has 1 aliphatic rings. The number of nitrogens with zero attached hydrogens (tertiary/aromatic N) is 4. The van der Waals surface area contributed by atoms with Crippen molar-refractivity contribution in [1.29, 1.82) is 0 Å². The highest BCUT2D eigenvalue weighted by atomic mass is 16.6. The quantitative estimate of drug-likeness (QED) is 0.580. The van der Waals surface area contributed by atoms with Gasteiger partial charge in [-0.3, -0.25) is 4.57 Å². The van der Waals surface area contributed by atoms with Gasteiger partial charge in [-0.15, -0.1) is 0 Å². The smallest absolute Gasteiger partial charge is 0.167 e. The molecule has 3 rings (SSSR count). The first-order valence-corrected chi connectivity index (χ1v) is 7.56. The Hall–Kier alpha value is -1.81. The number of hydrogen-bond acceptors (Lipinski definition) is 8. The molecule has 0 radical (unpaired) electrons. The summed E-state index contributed by atoms with van der Waals surface area (Å²) in [4.78, 5) is 12.7. The SMILES string of the molecule is CC(C)CNc1ncnc2c1ncn2[C@@H]1O[C@H](CO)C(O)[C@@H]1O. The van der Waals surface area contributed by atoms with Gasteiger partial charge in [0.15, 0.2) is 23.2 Å². The fourth-order valence-electron chi connectivity index (χ4n) is 2.58. The number of imidazole rings is 1. The van der Waals surface area contributed by atoms with Crippen LogP contribution in [0.5, 0.6) is 0 Å². The molecule has 1 aliphatic heterocycles. The van der Waals surface area contributed by atoms with Crippen LogP contribution in [0.4, 0.5) is 5.82 Å². The Morgan fingerprint density at radius 3 is 2.70 bits per heavy atom. The van der Waals surface area contributed by atoms with E-state index in [-0.39, 0.29) is 6.61 Å². The Morgan fingerprint density at radius 1 is 1.26 bits per heavy atom. The number of nitrogens with one attached hydrogen (secondary N) is 1. The average molecular weight is 323 g/mol. The standard InChI is InChI=1S/C14H21N5O4/c1-7(2)3-15-12-9-13(17-5-16-12)19(6-18-9)14-11(22)10(21)8(4-20)23-14/h5-8,10-11,14,20-22H,3-4H2,1-2H3,(H,15,16,17)/t8-,10?,11+,14-/m1/s1. The number of anilines is 1. The Kier molecular flexibility index (Phi) is 4.44. The van der Waals surface area contributed by atoms with Crippen molar-refractivity contribution >= 4 is 17.0 Å². The summed E-state index contributed by atoms with van der Waals surface area (Å²) in [5.41, 5.74) is 1.05. The Morgan fingerprint density at radius 2 is 2.04 bits per heavy atom. The summed E-state index contributed by atoms with van der Waals surface area (Å²) in [6.07, 6.45) is -1.15. The molecule has 3 heterocycles. The number of ether oxygens (including phenoxy) is 1. The van der Waals surface area contributed by atoms with Crippen molar-refractivity contribution in [2.45, 2.75) is 38.4 Å². The van der Waals surface area contributed by atoms with Crippen LogP contribution in [-0.2, 0) is 4.74 Å². The van der Waals surface area contributed by atoms with E-state index in [1.807, 2.05) is 0 Å². The van der Waals surface area contributed by atoms with Crippen molar-refractivity contribution in [2.75, 3.05) is 18.5 Å². The van der Waals surface area contributed by atoms with Crippen LogP contribution in [0.3, 0.4) is 0 Å². The Balaban J connectivity index is 1.93. The predicted molar refractivity (Wildman–Crippen MR) is 81.7 cm³/mol. The van der Waals surface area contributed by atoms with Crippen LogP contribution in [0.25, 0.3) is 11.2 Å². The molecule has 126 valence electrons. The van der Waals surface area contributed by atoms with Gasteiger partial charge in [-0.25, -0.2) is 15.0 Å². The fraction of sp³-hybridized carbons (Fsp3) is 0.643. The number of aliphatic hydroxyl groups is 3. The van der Waals surface area contributed by atoms with Gasteiger partial charge < -0.3 is 25.4 Å². The highest BCUT2D eigenvalue weighted by Gasteiger charge is 2.44. The van der Waals surface area contributed by atoms with Crippen LogP contribution in [0, 0.1) is 5.92 Å². The van der Waals surface area contributed by atoms with Crippen molar-refractivity contribution in [3.05, 3.63) is 12.7 Å². The second-order valence-electron chi connectivity index (χ2n) is 6.05. The molecule has 0 amide bonds. The van der Waals surface area contributed by atoms with Crippen LogP contribution in [0.1, 0.15) is 20.1 Å². The topological polar surface area (TPSA) is 126 Å². The summed E-state index contributed by atoms with van der Waals surface area (Å²) in [6, 6.07) is 0. The molecule has 0 saturated carbocycles. The van der Waals surface area contributed by atoms with Crippen molar-refractivity contribution in [3.8, 4) is 0 Å². The number of aliphatic hydroxyl groups excluding tert-OH is 3. The van der Waals surface area contributed by atoms with E-state index in [4.69, 9.17) is 4.74 Å². The molecule has 2 aromatic heterocycles. The van der Waals surface area contributed by atoms with Gasteiger partial charge in [0.2, 0.25) is 0 Å². The van der Waals surface area contributed by atoms with Crippen molar-refractivity contribution in [2.24, 2.45) is 5.92 Å². The van der Waals surface area contributed by atoms with Gasteiger partial charge >= 0.3 is 0 Å². The van der Waals surface area contributed by atoms with Gasteiger partial charge in [-0.1, -0.05) is 13.8 Å². The summed E-state index contributed by atoms with van der Waals surface area (Å²) in [5.74, 6) is 1.05. The highest BCUT2D eigenvalue weighted by Crippen LogP contribution is 2.32. The average Bonchev–Trinajstić information content (AvgIpc) is 3.08. The van der Waals surface area contributed by atoms with Gasteiger partial charge in [-0.05, 0) is 5.92 Å². The first kappa shape index (κ1) is 16.1. The minimum absolute atomic E-state index is 0.377. The fourth-order valence-corrected chi connectivity index (χ4v) is 2.58. The molecule has 23 heavy (non-hydrogen) atoms. The summed E-state index contributed by atoms with van der Waals surface area (Å²) < 4.78 is 7.06. The molecule has 9 nitrogen and oxygen atoms in total. The number of aromatic nitrogens is 4. The van der Waals surface area contributed by atoms with Gasteiger partial charge in [0.25, 0.3) is 0 Å². The summed E-state index contributed by atoms with van der Waals surface area (Å²) >= 11 is 0. The lowest BCUT2D eigenvalue weighted by Crippen LogP contribution is -2.33. The van der Waals surface area contributed by atoms with Crippen LogP contribution in [0.15, 0.2) is 12.7 Å². The minimum Gasteiger partial charge on any atom is -0.394 e. The van der Waals surface area contributed by atoms with E-state index in [1.165, 1.54) is 12.7 Å². The molecule has 0 bridgehead atoms. The first-order valence-electron chi connectivity index (χ1n) is 7.56. The van der Waals surface area contributed by atoms with Gasteiger partial charge in [-0.2, -0.15) is 0 Å². The van der Waals surface area contributed by atoms with Gasteiger partial charge in [0, 0.05) is 6.54 Å². The number of rotatable bonds is 5. The lowest BCUT2D eigenvalue weighted by Gasteiger charge is -2.16. The second-order valence-corrected chi connectivity index (χ2v) is 6.05. The minimum atomic E-state index is -1.17. The predicted octanol–water partition coefficient (Wildman–Crippen LogP) is -0.494. The zero-order valence-electron chi connectivity index (χ0n) is 13.0. The molecule has 2 aromatic rings. The van der Waals surface area contributed by atoms with Crippen molar-refractivity contribution < 1.29 is 20.1 Å². The van der Waals surface area contributed by atoms with Gasteiger partial charge in [0.05, 0.1) is 12.9 Å². The zero-order valence-corrected chi connectivity index (χ0v) is 13.0. The van der Waals surface area contributed by atoms with E-state index >= 15 is 0 Å². The maximum Gasteiger partial charge on any atom is 0.167 e. The van der Waals surface area contributed by atoms with Crippen LogP contribution >= 0.6 is 0 Å². The van der Waals surface area contributed by atoms with Crippen molar-refractivity contribution in [1.82, 2.24) is 19.5 Å². The molecular weight excluding hydrogens is 302 g/mol. The molecule has 9 heteroatoms. The monoisotopic (exact) mass is 323 g/mol. The van der Waals surface area contributed by atoms with Gasteiger partial charge in [0.1, 0.15) is 24.6 Å². The molecular formula is C14H21N5O4. The van der Waals surface area contributed by atoms with E-state index in [1.54, 1.807) is 4.57 Å². The number of fused-ring (bicyclic) bond motifs is 1. The molecule has 1 fully saturated rings. The number of hydrogen-bond donors (Lipinski definition) is 4. The largest absolute Gasteiger partial charge is 0.394 e. The molecule has 0 aromatic carbocycles. The van der Waals surface area contributed by atoms with Crippen molar-refractivity contribution in [3.63, 3.8) is 0 Å². The molecule has 0 aliphatic carbocycles. The zero-order chi connectivity index (χ0) is 16.6. The second kappa shape index (κ2) is 6.36. The third kappa shape index (κ3) is 2.88. The Labute approximate surface area is 133 Å². The van der Waals surface area contributed by atoms with E-state index < -0.39 is 24.5 Å². The van der Waals surface area contributed by atoms with E-state index in [2.05, 4.69) is 34.1 Å². The van der Waals surface area contributed by atoms with E-state index in [9.17, 15) is 15.3 Å². The third-order valence-corrected chi connectivity index (χ3v) is 3.83. The highest BCUT2D eigenvalue weighted by molar-refractivity contribution is 5.82. The summed E-state index contributed by atoms with van der Waals surface area (Å²) in [7, 11) is 0. The lowest BCUT2D eigenvalue weighted by molar-refractivity contribution is -0.0511. The molecule has 4 atom stereocenters. The van der Waals surface area contributed by atoms with Crippen LogP contribution < -0.4 is 5.32 Å². The van der Waals surface area contributed by atoms with E-state index in [0.29, 0.717) is 22.9 Å². The third-order valence-electron chi connectivity index (χ3n) is 3.83. The first-order chi connectivity index (χ1) is 11.0. The lowest BCUT2D eigenvalue weighted by atomic mass is 10.1. The van der Waals surface area contributed by atoms with Crippen LogP contribution in [0.2, 0.25) is 0 Å². The molecule has 4 N–H and O–H groups in total.